The second-order valence-corrected chi connectivity index (χ2v) is 10.8. The topological polar surface area (TPSA) is 200 Å². The van der Waals surface area contributed by atoms with Crippen molar-refractivity contribution in [3.8, 4) is 11.5 Å². The van der Waals surface area contributed by atoms with Crippen molar-refractivity contribution >= 4 is 34.9 Å². The lowest BCUT2D eigenvalue weighted by molar-refractivity contribution is -0.345. The van der Waals surface area contributed by atoms with Gasteiger partial charge in [-0.3, -0.25) is 0 Å². The number of carbonyl (C=O) groups excluding carboxylic acids is 4. The number of carbonyl (C=O) groups is 4. The number of imidazole rings is 1. The zero-order valence-electron chi connectivity index (χ0n) is 26.4. The summed E-state index contributed by atoms with van der Waals surface area (Å²) >= 11 is 0. The quantitative estimate of drug-likeness (QED) is 0.192. The lowest BCUT2D eigenvalue weighted by Gasteiger charge is -2.32. The number of ether oxygens (including phenoxy) is 2. The number of fused-ring (bicyclic) bond motifs is 1. The fourth-order valence-electron chi connectivity index (χ4n) is 5.17. The standard InChI is InChI=1S/C30H34FN3O2.2C2H2O4/c1-35-26-5-3-4-22(18-26)12-15-33-16-13-23(14-17-33)19-30-32-28-11-10-27(36-2)20-29(28)34(30)21-24-6-8-25(31)9-7-24;2*3-1(4)2(5)6/h3-11,18,20,23H,12-17,19,21H2,1-2H3;2*(H,3,4)(H,5,6)/p-4. The Morgan fingerprint density at radius 2 is 1.38 bits per heavy atom. The number of halogens is 1. The van der Waals surface area contributed by atoms with Crippen molar-refractivity contribution in [2.45, 2.75) is 32.2 Å². The van der Waals surface area contributed by atoms with Crippen LogP contribution in [0.15, 0.2) is 66.7 Å². The third-order valence-electron chi connectivity index (χ3n) is 7.65. The van der Waals surface area contributed by atoms with E-state index in [0.29, 0.717) is 12.5 Å². The molecule has 14 heteroatoms. The van der Waals surface area contributed by atoms with E-state index in [2.05, 4.69) is 33.7 Å². The first-order chi connectivity index (χ1) is 22.9. The van der Waals surface area contributed by atoms with Gasteiger partial charge in [-0.1, -0.05) is 24.3 Å². The van der Waals surface area contributed by atoms with Crippen molar-refractivity contribution in [3.05, 3.63) is 89.5 Å². The second kappa shape index (κ2) is 18.0. The fraction of sp³-hybridized carbons (Fsp3) is 0.324. The average Bonchev–Trinajstić information content (AvgIpc) is 3.41. The van der Waals surface area contributed by atoms with Crippen LogP contribution in [0.1, 0.15) is 29.8 Å². The lowest BCUT2D eigenvalue weighted by atomic mass is 9.93. The number of carboxylic acids is 4. The van der Waals surface area contributed by atoms with Crippen LogP contribution in [0, 0.1) is 11.7 Å². The first kappa shape index (κ1) is 37.0. The van der Waals surface area contributed by atoms with E-state index < -0.39 is 23.9 Å². The first-order valence-corrected chi connectivity index (χ1v) is 14.9. The Bertz CT molecular complexity index is 1650. The zero-order valence-corrected chi connectivity index (χ0v) is 26.4. The molecule has 0 unspecified atom stereocenters. The minimum absolute atomic E-state index is 0.214. The minimum atomic E-state index is -2.19. The zero-order chi connectivity index (χ0) is 35.2. The van der Waals surface area contributed by atoms with Gasteiger partial charge in [0.25, 0.3) is 0 Å². The van der Waals surface area contributed by atoms with Crippen LogP contribution >= 0.6 is 0 Å². The molecule has 1 saturated heterocycles. The Hall–Kier alpha value is -5.50. The van der Waals surface area contributed by atoms with E-state index in [-0.39, 0.29) is 5.82 Å². The Kier molecular flexibility index (Phi) is 13.9. The van der Waals surface area contributed by atoms with E-state index >= 15 is 0 Å². The third kappa shape index (κ3) is 11.4. The molecule has 1 aliphatic rings. The molecule has 3 aromatic carbocycles. The molecule has 0 aliphatic carbocycles. The maximum Gasteiger partial charge on any atom is 0.123 e. The molecule has 0 saturated carbocycles. The molecule has 1 aromatic heterocycles. The van der Waals surface area contributed by atoms with Gasteiger partial charge in [0.2, 0.25) is 0 Å². The van der Waals surface area contributed by atoms with Gasteiger partial charge < -0.3 is 58.5 Å². The highest BCUT2D eigenvalue weighted by Gasteiger charge is 2.22. The Morgan fingerprint density at radius 3 is 1.94 bits per heavy atom. The molecule has 4 aromatic rings. The highest BCUT2D eigenvalue weighted by atomic mass is 19.1. The monoisotopic (exact) mass is 663 g/mol. The number of hydrogen-bond donors (Lipinski definition) is 0. The largest absolute Gasteiger partial charge is 0.543 e. The summed E-state index contributed by atoms with van der Waals surface area (Å²) in [4.78, 5) is 43.3. The van der Waals surface area contributed by atoms with Crippen LogP contribution in [-0.4, -0.2) is 72.2 Å². The van der Waals surface area contributed by atoms with E-state index in [0.717, 1.165) is 66.4 Å². The van der Waals surface area contributed by atoms with E-state index in [9.17, 15) is 4.39 Å². The van der Waals surface area contributed by atoms with Crippen LogP contribution in [0.5, 0.6) is 11.5 Å². The van der Waals surface area contributed by atoms with E-state index in [1.165, 1.54) is 30.5 Å². The van der Waals surface area contributed by atoms with Crippen LogP contribution in [-0.2, 0) is 38.6 Å². The van der Waals surface area contributed by atoms with Gasteiger partial charge in [0.15, 0.2) is 0 Å². The summed E-state index contributed by atoms with van der Waals surface area (Å²) in [5.41, 5.74) is 4.42. The number of piperidine rings is 1. The summed E-state index contributed by atoms with van der Waals surface area (Å²) in [5.74, 6) is -5.52. The van der Waals surface area contributed by atoms with E-state index in [1.807, 2.05) is 30.3 Å². The van der Waals surface area contributed by atoms with Crippen LogP contribution in [0.3, 0.4) is 0 Å². The van der Waals surface area contributed by atoms with E-state index in [1.54, 1.807) is 14.2 Å². The van der Waals surface area contributed by atoms with Gasteiger partial charge in [0.1, 0.15) is 23.1 Å². The Labute approximate surface area is 275 Å². The van der Waals surface area contributed by atoms with Crippen molar-refractivity contribution < 1.29 is 53.5 Å². The molecule has 0 amide bonds. The molecule has 0 N–H and O–H groups in total. The molecule has 0 spiro atoms. The highest BCUT2D eigenvalue weighted by Crippen LogP contribution is 2.27. The van der Waals surface area contributed by atoms with Crippen molar-refractivity contribution in [1.82, 2.24) is 14.5 Å². The van der Waals surface area contributed by atoms with Gasteiger partial charge in [-0.15, -0.1) is 0 Å². The molecule has 13 nitrogen and oxygen atoms in total. The van der Waals surface area contributed by atoms with Gasteiger partial charge in [0.05, 0.1) is 49.1 Å². The number of likely N-dealkylation sites (tertiary alicyclic amines) is 1. The van der Waals surface area contributed by atoms with Crippen molar-refractivity contribution in [2.24, 2.45) is 5.92 Å². The number of benzene rings is 3. The number of methoxy groups -OCH3 is 2. The average molecular weight is 664 g/mol. The number of aromatic nitrogens is 2. The second-order valence-electron chi connectivity index (χ2n) is 10.8. The number of hydrogen-bond acceptors (Lipinski definition) is 12. The summed E-state index contributed by atoms with van der Waals surface area (Å²) in [6.07, 6.45) is 4.32. The molecule has 2 heterocycles. The Balaban J connectivity index is 0.000000446. The molecule has 0 bridgehead atoms. The van der Waals surface area contributed by atoms with Crippen molar-refractivity contribution in [2.75, 3.05) is 33.9 Å². The van der Waals surface area contributed by atoms with Crippen LogP contribution in [0.25, 0.3) is 11.0 Å². The summed E-state index contributed by atoms with van der Waals surface area (Å²) < 4.78 is 26.6. The van der Waals surface area contributed by atoms with Crippen LogP contribution in [0.4, 0.5) is 4.39 Å². The molecule has 48 heavy (non-hydrogen) atoms. The predicted molar refractivity (Wildman–Crippen MR) is 161 cm³/mol. The summed E-state index contributed by atoms with van der Waals surface area (Å²) in [6.45, 7) is 3.96. The summed E-state index contributed by atoms with van der Waals surface area (Å²) in [5, 5.41) is 35.7. The summed E-state index contributed by atoms with van der Waals surface area (Å²) in [7, 11) is 3.40. The molecule has 5 rings (SSSR count). The number of aliphatic carboxylic acids is 4. The van der Waals surface area contributed by atoms with E-state index in [4.69, 9.17) is 54.1 Å². The third-order valence-corrected chi connectivity index (χ3v) is 7.65. The fourth-order valence-corrected chi connectivity index (χ4v) is 5.17. The normalized spacial score (nSPS) is 13.0. The molecule has 1 aliphatic heterocycles. The SMILES string of the molecule is COc1cccc(CCN2CCC(Cc3nc4ccc(OC)cc4n3Cc3ccc(F)cc3)CC2)c1.O=C([O-])C(=O)[O-].O=C([O-])C(=O)[O-]. The van der Waals surface area contributed by atoms with Gasteiger partial charge >= 0.3 is 0 Å². The number of rotatable bonds is 9. The molecular formula is C34H34FN3O10-4. The molecule has 1 fully saturated rings. The maximum atomic E-state index is 13.5. The smallest absolute Gasteiger partial charge is 0.123 e. The van der Waals surface area contributed by atoms with Crippen molar-refractivity contribution in [1.29, 1.82) is 0 Å². The highest BCUT2D eigenvalue weighted by molar-refractivity contribution is 6.25. The number of carboxylic acid groups (broad SMARTS) is 4. The number of nitrogens with zero attached hydrogens (tertiary/aromatic N) is 3. The minimum Gasteiger partial charge on any atom is -0.543 e. The van der Waals surface area contributed by atoms with Crippen LogP contribution in [0.2, 0.25) is 0 Å². The molecule has 256 valence electrons. The van der Waals surface area contributed by atoms with Gasteiger partial charge in [-0.2, -0.15) is 0 Å². The molecular weight excluding hydrogens is 629 g/mol. The Morgan fingerprint density at radius 1 is 0.792 bits per heavy atom. The van der Waals surface area contributed by atoms with Gasteiger partial charge in [-0.05, 0) is 85.8 Å². The predicted octanol–water partition coefficient (Wildman–Crippen LogP) is -1.29. The maximum absolute atomic E-state index is 13.5. The lowest BCUT2D eigenvalue weighted by Crippen LogP contribution is -2.42. The van der Waals surface area contributed by atoms with Crippen LogP contribution < -0.4 is 29.9 Å². The van der Waals surface area contributed by atoms with Gasteiger partial charge in [0, 0.05) is 25.6 Å². The first-order valence-electron chi connectivity index (χ1n) is 14.9. The van der Waals surface area contributed by atoms with Gasteiger partial charge in [-0.25, -0.2) is 9.37 Å². The molecule has 0 radical (unpaired) electrons. The summed E-state index contributed by atoms with van der Waals surface area (Å²) in [6, 6.07) is 21.2. The molecule has 0 atom stereocenters. The van der Waals surface area contributed by atoms with Crippen molar-refractivity contribution in [3.63, 3.8) is 0 Å².